The van der Waals surface area contributed by atoms with Crippen LogP contribution in [0.5, 0.6) is 0 Å². The van der Waals surface area contributed by atoms with Gasteiger partial charge in [-0.25, -0.2) is 9.66 Å². The Morgan fingerprint density at radius 2 is 2.10 bits per heavy atom. The molecule has 1 N–H and O–H groups in total. The maximum Gasteiger partial charge on any atom is 0.320 e. The van der Waals surface area contributed by atoms with Crippen LogP contribution < -0.4 is 11.0 Å². The van der Waals surface area contributed by atoms with Crippen LogP contribution in [0.2, 0.25) is 0 Å². The SMILES string of the molecule is Cc1nc2sc3c(c2c(=O)n1NC(=O)c1nn(C)cc1[N+](=O)[O-])CC[C@@H](C(C)(C)C)C3. The third-order valence-electron chi connectivity index (χ3n) is 5.91. The van der Waals surface area contributed by atoms with Crippen molar-refractivity contribution in [2.24, 2.45) is 18.4 Å². The summed E-state index contributed by atoms with van der Waals surface area (Å²) in [7, 11) is 1.48. The second-order valence-corrected chi connectivity index (χ2v) is 10.1. The van der Waals surface area contributed by atoms with Crippen molar-refractivity contribution in [1.82, 2.24) is 19.4 Å². The molecule has 0 fully saturated rings. The summed E-state index contributed by atoms with van der Waals surface area (Å²) < 4.78 is 2.25. The molecule has 0 saturated heterocycles. The highest BCUT2D eigenvalue weighted by molar-refractivity contribution is 7.18. The summed E-state index contributed by atoms with van der Waals surface area (Å²) in [6.07, 6.45) is 3.83. The van der Waals surface area contributed by atoms with Crippen LogP contribution in [0.1, 0.15) is 53.9 Å². The summed E-state index contributed by atoms with van der Waals surface area (Å²) in [5, 5.41) is 15.6. The number of nitrogens with zero attached hydrogens (tertiary/aromatic N) is 5. The Labute approximate surface area is 182 Å². The van der Waals surface area contributed by atoms with Gasteiger partial charge in [-0.15, -0.1) is 11.3 Å². The van der Waals surface area contributed by atoms with E-state index in [1.165, 1.54) is 27.9 Å². The van der Waals surface area contributed by atoms with Crippen LogP contribution in [-0.4, -0.2) is 30.3 Å². The van der Waals surface area contributed by atoms with Crippen molar-refractivity contribution in [2.75, 3.05) is 5.43 Å². The van der Waals surface area contributed by atoms with Gasteiger partial charge in [0.1, 0.15) is 16.9 Å². The molecule has 0 unspecified atom stereocenters. The molecule has 0 radical (unpaired) electrons. The molecule has 1 atom stereocenters. The first-order valence-corrected chi connectivity index (χ1v) is 10.8. The van der Waals surface area contributed by atoms with Crippen molar-refractivity contribution in [2.45, 2.75) is 47.0 Å². The number of rotatable bonds is 3. The van der Waals surface area contributed by atoms with Gasteiger partial charge in [-0.3, -0.25) is 29.8 Å². The highest BCUT2D eigenvalue weighted by Crippen LogP contribution is 2.42. The Morgan fingerprint density at radius 1 is 1.39 bits per heavy atom. The number of nitrogens with one attached hydrogen (secondary N) is 1. The van der Waals surface area contributed by atoms with Crippen molar-refractivity contribution in [3.8, 4) is 0 Å². The smallest absolute Gasteiger partial charge is 0.268 e. The number of aromatic nitrogens is 4. The Bertz CT molecular complexity index is 1280. The van der Waals surface area contributed by atoms with E-state index < -0.39 is 16.5 Å². The maximum atomic E-state index is 13.3. The van der Waals surface area contributed by atoms with Gasteiger partial charge >= 0.3 is 5.69 Å². The highest BCUT2D eigenvalue weighted by atomic mass is 32.1. The van der Waals surface area contributed by atoms with E-state index in [1.807, 2.05) is 0 Å². The molecule has 164 valence electrons. The predicted molar refractivity (Wildman–Crippen MR) is 117 cm³/mol. The van der Waals surface area contributed by atoms with Crippen LogP contribution in [0.3, 0.4) is 0 Å². The number of aryl methyl sites for hydroxylation is 3. The zero-order chi connectivity index (χ0) is 22.7. The molecular weight excluding hydrogens is 420 g/mol. The predicted octanol–water partition coefficient (Wildman–Crippen LogP) is 2.94. The van der Waals surface area contributed by atoms with Gasteiger partial charge < -0.3 is 0 Å². The average molecular weight is 445 g/mol. The zero-order valence-corrected chi connectivity index (χ0v) is 18.9. The second-order valence-electron chi connectivity index (χ2n) is 9.02. The molecule has 0 aliphatic heterocycles. The van der Waals surface area contributed by atoms with Gasteiger partial charge in [-0.2, -0.15) is 5.10 Å². The minimum absolute atomic E-state index is 0.183. The lowest BCUT2D eigenvalue weighted by Crippen LogP contribution is -2.36. The number of nitro groups is 1. The van der Waals surface area contributed by atoms with Gasteiger partial charge in [-0.1, -0.05) is 20.8 Å². The lowest BCUT2D eigenvalue weighted by Gasteiger charge is -2.33. The Balaban J connectivity index is 1.75. The number of carbonyl (C=O) groups is 1. The van der Waals surface area contributed by atoms with Gasteiger partial charge in [0, 0.05) is 11.9 Å². The lowest BCUT2D eigenvalue weighted by atomic mass is 9.72. The molecule has 10 nitrogen and oxygen atoms in total. The number of carbonyl (C=O) groups excluding carboxylic acids is 1. The van der Waals surface area contributed by atoms with Crippen LogP contribution in [0, 0.1) is 28.4 Å². The maximum absolute atomic E-state index is 13.3. The summed E-state index contributed by atoms with van der Waals surface area (Å²) >= 11 is 1.54. The van der Waals surface area contributed by atoms with E-state index in [1.54, 1.807) is 6.92 Å². The molecule has 3 heterocycles. The van der Waals surface area contributed by atoms with Crippen molar-refractivity contribution < 1.29 is 9.72 Å². The molecule has 3 aromatic heterocycles. The third kappa shape index (κ3) is 3.62. The standard InChI is InChI=1S/C20H24N6O4S/c1-10-21-18-15(12-7-6-11(20(2,3)4)8-14(12)31-18)19(28)25(10)23-17(27)16-13(26(29)30)9-24(5)22-16/h9,11H,6-8H2,1-5H3,(H,23,27)/t11-/m1/s1. The van der Waals surface area contributed by atoms with Crippen molar-refractivity contribution in [3.63, 3.8) is 0 Å². The molecule has 1 amide bonds. The molecule has 0 spiro atoms. The topological polar surface area (TPSA) is 125 Å². The minimum Gasteiger partial charge on any atom is -0.268 e. The van der Waals surface area contributed by atoms with Gasteiger partial charge in [0.15, 0.2) is 0 Å². The van der Waals surface area contributed by atoms with E-state index >= 15 is 0 Å². The van der Waals surface area contributed by atoms with E-state index in [4.69, 9.17) is 0 Å². The Kier molecular flexibility index (Phi) is 4.95. The van der Waals surface area contributed by atoms with Crippen molar-refractivity contribution >= 4 is 33.1 Å². The molecule has 11 heteroatoms. The second kappa shape index (κ2) is 7.26. The molecule has 0 aromatic carbocycles. The van der Waals surface area contributed by atoms with E-state index in [0.717, 1.165) is 35.7 Å². The van der Waals surface area contributed by atoms with E-state index in [9.17, 15) is 19.7 Å². The first-order valence-electron chi connectivity index (χ1n) is 10.0. The minimum atomic E-state index is -0.837. The first kappa shape index (κ1) is 21.2. The normalized spacial score (nSPS) is 16.4. The van der Waals surface area contributed by atoms with Gasteiger partial charge in [0.25, 0.3) is 11.5 Å². The molecule has 0 bridgehead atoms. The van der Waals surface area contributed by atoms with E-state index in [-0.39, 0.29) is 16.7 Å². The fraction of sp³-hybridized carbons (Fsp3) is 0.500. The number of hydrogen-bond acceptors (Lipinski definition) is 7. The van der Waals surface area contributed by atoms with Crippen molar-refractivity contribution in [3.05, 3.63) is 48.6 Å². The monoisotopic (exact) mass is 444 g/mol. The molecule has 3 aromatic rings. The number of thiophene rings is 1. The first-order chi connectivity index (χ1) is 14.5. The fourth-order valence-corrected chi connectivity index (χ4v) is 5.46. The summed E-state index contributed by atoms with van der Waals surface area (Å²) in [6, 6.07) is 0. The van der Waals surface area contributed by atoms with E-state index in [2.05, 4.69) is 36.3 Å². The summed E-state index contributed by atoms with van der Waals surface area (Å²) in [5.41, 5.74) is 2.47. The van der Waals surface area contributed by atoms with Crippen molar-refractivity contribution in [1.29, 1.82) is 0 Å². The van der Waals surface area contributed by atoms with Gasteiger partial charge in [-0.05, 0) is 43.1 Å². The fourth-order valence-electron chi connectivity index (χ4n) is 4.12. The third-order valence-corrected chi connectivity index (χ3v) is 7.06. The van der Waals surface area contributed by atoms with E-state index in [0.29, 0.717) is 22.0 Å². The Morgan fingerprint density at radius 3 is 2.74 bits per heavy atom. The summed E-state index contributed by atoms with van der Waals surface area (Å²) in [6.45, 7) is 8.32. The number of amides is 1. The van der Waals surface area contributed by atoms with Crippen LogP contribution >= 0.6 is 11.3 Å². The molecule has 0 saturated carbocycles. The summed E-state index contributed by atoms with van der Waals surface area (Å²) in [5.74, 6) is -0.00765. The number of fused-ring (bicyclic) bond motifs is 3. The molecule has 31 heavy (non-hydrogen) atoms. The summed E-state index contributed by atoms with van der Waals surface area (Å²) in [4.78, 5) is 42.9. The molecule has 1 aliphatic rings. The van der Waals surface area contributed by atoms with Crippen LogP contribution in [0.4, 0.5) is 5.69 Å². The van der Waals surface area contributed by atoms with Gasteiger partial charge in [0.05, 0.1) is 10.3 Å². The van der Waals surface area contributed by atoms with Crippen LogP contribution in [0.15, 0.2) is 11.0 Å². The quantitative estimate of drug-likeness (QED) is 0.489. The molecule has 1 aliphatic carbocycles. The Hall–Kier alpha value is -3.08. The largest absolute Gasteiger partial charge is 0.320 e. The highest BCUT2D eigenvalue weighted by Gasteiger charge is 2.32. The van der Waals surface area contributed by atoms with Crippen LogP contribution in [-0.2, 0) is 19.9 Å². The molecular formula is C20H24N6O4S. The number of hydrogen-bond donors (Lipinski definition) is 1. The van der Waals surface area contributed by atoms with Gasteiger partial charge in [0.2, 0.25) is 5.69 Å². The van der Waals surface area contributed by atoms with Crippen LogP contribution in [0.25, 0.3) is 10.2 Å². The zero-order valence-electron chi connectivity index (χ0n) is 18.1. The average Bonchev–Trinajstić information content (AvgIpc) is 3.24. The lowest BCUT2D eigenvalue weighted by molar-refractivity contribution is -0.385. The molecule has 4 rings (SSSR count).